The number of hydrogen-bond acceptors (Lipinski definition) is 3. The Bertz CT molecular complexity index is 638. The van der Waals surface area contributed by atoms with Crippen LogP contribution in [0.25, 0.3) is 0 Å². The standard InChI is InChI=1S/C14H12INO2S/c15-10-1-2-12(17)11(7-10)14(18)16-5-3-13-9(8-16)4-6-19-13/h1-2,4,6-7,17H,3,5,8H2. The molecule has 1 aromatic carbocycles. The van der Waals surface area contributed by atoms with E-state index >= 15 is 0 Å². The smallest absolute Gasteiger partial charge is 0.257 e. The van der Waals surface area contributed by atoms with Gasteiger partial charge in [-0.2, -0.15) is 0 Å². The third kappa shape index (κ3) is 2.49. The van der Waals surface area contributed by atoms with Crippen LogP contribution in [0.2, 0.25) is 0 Å². The zero-order valence-electron chi connectivity index (χ0n) is 10.1. The highest BCUT2D eigenvalue weighted by atomic mass is 127. The Balaban J connectivity index is 1.87. The maximum absolute atomic E-state index is 12.5. The second kappa shape index (κ2) is 5.13. The predicted molar refractivity (Wildman–Crippen MR) is 83.6 cm³/mol. The van der Waals surface area contributed by atoms with E-state index in [4.69, 9.17) is 0 Å². The summed E-state index contributed by atoms with van der Waals surface area (Å²) in [5.41, 5.74) is 1.63. The fourth-order valence-electron chi connectivity index (χ4n) is 2.27. The normalized spacial score (nSPS) is 14.3. The number of amides is 1. The van der Waals surface area contributed by atoms with Gasteiger partial charge in [-0.3, -0.25) is 4.79 Å². The monoisotopic (exact) mass is 385 g/mol. The van der Waals surface area contributed by atoms with Gasteiger partial charge < -0.3 is 10.0 Å². The van der Waals surface area contributed by atoms with Gasteiger partial charge in [-0.25, -0.2) is 0 Å². The molecule has 1 aliphatic heterocycles. The average molecular weight is 385 g/mol. The molecule has 2 aromatic rings. The molecule has 0 atom stereocenters. The molecule has 0 saturated carbocycles. The number of phenols is 1. The van der Waals surface area contributed by atoms with Crippen LogP contribution in [-0.4, -0.2) is 22.5 Å². The summed E-state index contributed by atoms with van der Waals surface area (Å²) in [6.07, 6.45) is 0.906. The third-order valence-corrected chi connectivity index (χ3v) is 4.98. The zero-order valence-corrected chi connectivity index (χ0v) is 13.1. The second-order valence-corrected chi connectivity index (χ2v) is 6.75. The SMILES string of the molecule is O=C(c1cc(I)ccc1O)N1CCc2sccc2C1. The number of fused-ring (bicyclic) bond motifs is 1. The molecule has 0 spiro atoms. The molecule has 0 unspecified atom stereocenters. The van der Waals surface area contributed by atoms with E-state index in [2.05, 4.69) is 34.0 Å². The van der Waals surface area contributed by atoms with Gasteiger partial charge in [0.15, 0.2) is 0 Å². The minimum atomic E-state index is -0.0899. The molecule has 1 N–H and O–H groups in total. The van der Waals surface area contributed by atoms with Gasteiger partial charge in [0.2, 0.25) is 0 Å². The summed E-state index contributed by atoms with van der Waals surface area (Å²) in [5, 5.41) is 11.9. The summed E-state index contributed by atoms with van der Waals surface area (Å²) in [6.45, 7) is 1.36. The van der Waals surface area contributed by atoms with Crippen molar-refractivity contribution in [2.45, 2.75) is 13.0 Å². The van der Waals surface area contributed by atoms with Crippen LogP contribution in [0, 0.1) is 3.57 Å². The van der Waals surface area contributed by atoms with Crippen molar-refractivity contribution in [3.63, 3.8) is 0 Å². The van der Waals surface area contributed by atoms with Crippen molar-refractivity contribution < 1.29 is 9.90 Å². The number of thiophene rings is 1. The third-order valence-electron chi connectivity index (χ3n) is 3.28. The van der Waals surface area contributed by atoms with E-state index in [0.29, 0.717) is 12.1 Å². The molecule has 19 heavy (non-hydrogen) atoms. The molecular weight excluding hydrogens is 373 g/mol. The van der Waals surface area contributed by atoms with Crippen molar-refractivity contribution in [3.05, 3.63) is 49.2 Å². The fourth-order valence-corrected chi connectivity index (χ4v) is 3.65. The Morgan fingerprint density at radius 1 is 1.37 bits per heavy atom. The van der Waals surface area contributed by atoms with Gasteiger partial charge in [0.25, 0.3) is 5.91 Å². The minimum Gasteiger partial charge on any atom is -0.507 e. The fraction of sp³-hybridized carbons (Fsp3) is 0.214. The molecule has 3 nitrogen and oxygen atoms in total. The van der Waals surface area contributed by atoms with Crippen molar-refractivity contribution in [2.24, 2.45) is 0 Å². The van der Waals surface area contributed by atoms with Crippen molar-refractivity contribution in [1.29, 1.82) is 0 Å². The van der Waals surface area contributed by atoms with Gasteiger partial charge in [0, 0.05) is 21.5 Å². The molecule has 0 aliphatic carbocycles. The summed E-state index contributed by atoms with van der Waals surface area (Å²) in [7, 11) is 0. The molecule has 3 rings (SSSR count). The Morgan fingerprint density at radius 2 is 2.21 bits per heavy atom. The van der Waals surface area contributed by atoms with Crippen LogP contribution in [0.4, 0.5) is 0 Å². The van der Waals surface area contributed by atoms with Gasteiger partial charge in [-0.15, -0.1) is 11.3 Å². The van der Waals surface area contributed by atoms with E-state index in [-0.39, 0.29) is 11.7 Å². The van der Waals surface area contributed by atoms with Crippen molar-refractivity contribution in [3.8, 4) is 5.75 Å². The van der Waals surface area contributed by atoms with Gasteiger partial charge in [0.05, 0.1) is 5.56 Å². The van der Waals surface area contributed by atoms with Crippen LogP contribution in [0.3, 0.4) is 0 Å². The molecule has 0 saturated heterocycles. The summed E-state index contributed by atoms with van der Waals surface area (Å²) >= 11 is 3.90. The van der Waals surface area contributed by atoms with Gasteiger partial charge in [-0.1, -0.05) is 0 Å². The van der Waals surface area contributed by atoms with Crippen molar-refractivity contribution >= 4 is 39.8 Å². The molecule has 0 radical (unpaired) electrons. The topological polar surface area (TPSA) is 40.5 Å². The number of rotatable bonds is 1. The Kier molecular flexibility index (Phi) is 3.49. The van der Waals surface area contributed by atoms with Crippen molar-refractivity contribution in [2.75, 3.05) is 6.54 Å². The quantitative estimate of drug-likeness (QED) is 0.766. The lowest BCUT2D eigenvalue weighted by Gasteiger charge is -2.27. The van der Waals surface area contributed by atoms with Crippen molar-refractivity contribution in [1.82, 2.24) is 4.90 Å². The summed E-state index contributed by atoms with van der Waals surface area (Å²) in [5.74, 6) is -0.0330. The lowest BCUT2D eigenvalue weighted by Crippen LogP contribution is -2.35. The molecular formula is C14H12INO2S. The number of carbonyl (C=O) groups excluding carboxylic acids is 1. The van der Waals surface area contributed by atoms with Crippen LogP contribution < -0.4 is 0 Å². The Hall–Kier alpha value is -1.08. The molecule has 5 heteroatoms. The number of hydrogen-bond donors (Lipinski definition) is 1. The Morgan fingerprint density at radius 3 is 3.05 bits per heavy atom. The molecule has 98 valence electrons. The average Bonchev–Trinajstić information content (AvgIpc) is 2.88. The summed E-state index contributed by atoms with van der Waals surface area (Å²) in [6, 6.07) is 7.18. The largest absolute Gasteiger partial charge is 0.507 e. The first kappa shape index (κ1) is 12.9. The predicted octanol–water partition coefficient (Wildman–Crippen LogP) is 3.26. The first-order valence-electron chi connectivity index (χ1n) is 5.98. The molecule has 1 amide bonds. The number of halogens is 1. The number of benzene rings is 1. The van der Waals surface area contributed by atoms with E-state index in [0.717, 1.165) is 16.5 Å². The Labute approximate surface area is 129 Å². The van der Waals surface area contributed by atoms with Gasteiger partial charge in [0.1, 0.15) is 5.75 Å². The minimum absolute atomic E-state index is 0.0570. The van der Waals surface area contributed by atoms with E-state index in [1.165, 1.54) is 10.4 Å². The number of carbonyl (C=O) groups is 1. The van der Waals surface area contributed by atoms with E-state index in [9.17, 15) is 9.90 Å². The maximum atomic E-state index is 12.5. The lowest BCUT2D eigenvalue weighted by atomic mass is 10.1. The molecule has 2 heterocycles. The zero-order chi connectivity index (χ0) is 13.4. The number of phenolic OH excluding ortho intramolecular Hbond substituents is 1. The highest BCUT2D eigenvalue weighted by Gasteiger charge is 2.24. The van der Waals surface area contributed by atoms with E-state index in [1.54, 1.807) is 34.4 Å². The summed E-state index contributed by atoms with van der Waals surface area (Å²) in [4.78, 5) is 15.6. The lowest BCUT2D eigenvalue weighted by molar-refractivity contribution is 0.0732. The highest BCUT2D eigenvalue weighted by molar-refractivity contribution is 14.1. The van der Waals surface area contributed by atoms with Crippen LogP contribution in [0.15, 0.2) is 29.6 Å². The first-order valence-corrected chi connectivity index (χ1v) is 7.94. The van der Waals surface area contributed by atoms with Crippen LogP contribution in [-0.2, 0) is 13.0 Å². The molecule has 1 aromatic heterocycles. The maximum Gasteiger partial charge on any atom is 0.257 e. The second-order valence-electron chi connectivity index (χ2n) is 4.51. The van der Waals surface area contributed by atoms with Gasteiger partial charge in [-0.05, 0) is 64.2 Å². The summed E-state index contributed by atoms with van der Waals surface area (Å²) < 4.78 is 0.951. The van der Waals surface area contributed by atoms with E-state index < -0.39 is 0 Å². The first-order chi connectivity index (χ1) is 9.15. The van der Waals surface area contributed by atoms with E-state index in [1.807, 2.05) is 0 Å². The molecule has 1 aliphatic rings. The molecule has 0 fully saturated rings. The highest BCUT2D eigenvalue weighted by Crippen LogP contribution is 2.27. The molecule has 0 bridgehead atoms. The van der Waals surface area contributed by atoms with Crippen LogP contribution in [0.1, 0.15) is 20.8 Å². The number of aromatic hydroxyl groups is 1. The van der Waals surface area contributed by atoms with Crippen LogP contribution in [0.5, 0.6) is 5.75 Å². The van der Waals surface area contributed by atoms with Gasteiger partial charge >= 0.3 is 0 Å². The number of nitrogens with zero attached hydrogens (tertiary/aromatic N) is 1. The van der Waals surface area contributed by atoms with Crippen LogP contribution >= 0.6 is 33.9 Å².